The van der Waals surface area contributed by atoms with E-state index in [9.17, 15) is 13.2 Å². The van der Waals surface area contributed by atoms with Gasteiger partial charge in [-0.2, -0.15) is 0 Å². The summed E-state index contributed by atoms with van der Waals surface area (Å²) in [5.74, 6) is -0.320. The van der Waals surface area contributed by atoms with Crippen molar-refractivity contribution in [3.63, 3.8) is 0 Å². The van der Waals surface area contributed by atoms with E-state index in [1.807, 2.05) is 36.6 Å². The number of carbonyl (C=O) groups excluding carboxylic acids is 1. The van der Waals surface area contributed by atoms with Crippen molar-refractivity contribution in [3.8, 4) is 10.4 Å². The lowest BCUT2D eigenvalue weighted by atomic mass is 10.1. The van der Waals surface area contributed by atoms with E-state index in [1.54, 1.807) is 72.0 Å². The fraction of sp³-hybridized carbons (Fsp3) is 0.0385. The number of nitrogens with one attached hydrogen (secondary N) is 2. The van der Waals surface area contributed by atoms with Crippen molar-refractivity contribution in [2.75, 3.05) is 15.8 Å². The highest BCUT2D eigenvalue weighted by Gasteiger charge is 2.13. The zero-order valence-electron chi connectivity index (χ0n) is 18.4. The minimum absolute atomic E-state index is 0.196. The van der Waals surface area contributed by atoms with Crippen LogP contribution in [0.1, 0.15) is 11.1 Å². The maximum absolute atomic E-state index is 12.5. The zero-order valence-corrected chi connectivity index (χ0v) is 20.0. The van der Waals surface area contributed by atoms with E-state index in [0.29, 0.717) is 17.1 Å². The normalized spacial score (nSPS) is 11.4. The molecule has 1 heterocycles. The molecule has 1 aromatic heterocycles. The highest BCUT2D eigenvalue weighted by Crippen LogP contribution is 2.30. The van der Waals surface area contributed by atoms with E-state index in [1.165, 1.54) is 6.08 Å². The number of thiophene rings is 1. The Kier molecular flexibility index (Phi) is 6.81. The number of hydrogen-bond acceptors (Lipinski definition) is 5. The Morgan fingerprint density at radius 2 is 1.71 bits per heavy atom. The van der Waals surface area contributed by atoms with Gasteiger partial charge in [0.2, 0.25) is 5.91 Å². The average Bonchev–Trinajstić information content (AvgIpc) is 3.35. The van der Waals surface area contributed by atoms with Gasteiger partial charge in [-0.05, 0) is 72.0 Å². The summed E-state index contributed by atoms with van der Waals surface area (Å²) in [5, 5.41) is 4.80. The minimum atomic E-state index is -3.67. The van der Waals surface area contributed by atoms with E-state index in [0.717, 1.165) is 21.6 Å². The molecule has 172 valence electrons. The van der Waals surface area contributed by atoms with Gasteiger partial charge in [0.25, 0.3) is 10.0 Å². The summed E-state index contributed by atoms with van der Waals surface area (Å²) in [6, 6.07) is 22.9. The Bertz CT molecular complexity index is 1430. The van der Waals surface area contributed by atoms with Gasteiger partial charge in [-0.15, -0.1) is 11.3 Å². The molecular formula is C26H23N3O3S2. The predicted octanol–water partition coefficient (Wildman–Crippen LogP) is 5.76. The van der Waals surface area contributed by atoms with Crippen LogP contribution in [0, 0.1) is 6.92 Å². The zero-order chi connectivity index (χ0) is 24.1. The molecule has 3 aromatic carbocycles. The number of anilines is 3. The second-order valence-electron chi connectivity index (χ2n) is 7.64. The molecule has 0 saturated heterocycles. The summed E-state index contributed by atoms with van der Waals surface area (Å²) in [5.41, 5.74) is 10.2. The fourth-order valence-corrected chi connectivity index (χ4v) is 4.98. The Morgan fingerprint density at radius 3 is 2.38 bits per heavy atom. The van der Waals surface area contributed by atoms with E-state index in [2.05, 4.69) is 10.0 Å². The molecule has 0 aliphatic carbocycles. The lowest BCUT2D eigenvalue weighted by Crippen LogP contribution is -2.12. The lowest BCUT2D eigenvalue weighted by Gasteiger charge is -2.09. The van der Waals surface area contributed by atoms with E-state index in [4.69, 9.17) is 5.73 Å². The maximum atomic E-state index is 12.5. The molecule has 0 saturated carbocycles. The van der Waals surface area contributed by atoms with Crippen LogP contribution >= 0.6 is 11.3 Å². The smallest absolute Gasteiger partial charge is 0.261 e. The molecule has 0 atom stereocenters. The quantitative estimate of drug-likeness (QED) is 0.227. The molecule has 0 aliphatic rings. The number of hydrogen-bond donors (Lipinski definition) is 3. The van der Waals surface area contributed by atoms with Gasteiger partial charge in [-0.25, -0.2) is 8.42 Å². The average molecular weight is 490 g/mol. The summed E-state index contributed by atoms with van der Waals surface area (Å²) < 4.78 is 27.6. The fourth-order valence-electron chi connectivity index (χ4n) is 3.20. The van der Waals surface area contributed by atoms with Crippen molar-refractivity contribution in [1.82, 2.24) is 0 Å². The standard InChI is InChI=1S/C26H23N3O3S2/c1-18-4-12-22(13-5-18)34(31,32)29-21-10-6-19(7-11-21)8-15-26(30)28-24-17-20(9-14-23(24)27)25-3-2-16-33-25/h2-17,29H,27H2,1H3,(H,28,30)/b15-8+. The third kappa shape index (κ3) is 5.72. The monoisotopic (exact) mass is 489 g/mol. The van der Waals surface area contributed by atoms with Crippen LogP contribution in [0.3, 0.4) is 0 Å². The number of sulfonamides is 1. The minimum Gasteiger partial charge on any atom is -0.397 e. The van der Waals surface area contributed by atoms with Crippen LogP contribution in [0.2, 0.25) is 0 Å². The maximum Gasteiger partial charge on any atom is 0.261 e. The Morgan fingerprint density at radius 1 is 0.971 bits per heavy atom. The van der Waals surface area contributed by atoms with Gasteiger partial charge in [-0.3, -0.25) is 9.52 Å². The molecule has 4 rings (SSSR count). The summed E-state index contributed by atoms with van der Waals surface area (Å²) >= 11 is 1.61. The van der Waals surface area contributed by atoms with Crippen molar-refractivity contribution < 1.29 is 13.2 Å². The van der Waals surface area contributed by atoms with Crippen LogP contribution in [-0.4, -0.2) is 14.3 Å². The van der Waals surface area contributed by atoms with Crippen LogP contribution in [0.25, 0.3) is 16.5 Å². The third-order valence-electron chi connectivity index (χ3n) is 5.04. The molecule has 0 aliphatic heterocycles. The predicted molar refractivity (Wildman–Crippen MR) is 140 cm³/mol. The first-order valence-electron chi connectivity index (χ1n) is 10.4. The van der Waals surface area contributed by atoms with Crippen LogP contribution in [-0.2, 0) is 14.8 Å². The highest BCUT2D eigenvalue weighted by atomic mass is 32.2. The third-order valence-corrected chi connectivity index (χ3v) is 7.35. The van der Waals surface area contributed by atoms with Crippen LogP contribution in [0.5, 0.6) is 0 Å². The Balaban J connectivity index is 1.40. The molecule has 0 unspecified atom stereocenters. The number of benzene rings is 3. The second-order valence-corrected chi connectivity index (χ2v) is 10.3. The van der Waals surface area contributed by atoms with Crippen LogP contribution in [0.15, 0.2) is 95.2 Å². The molecular weight excluding hydrogens is 466 g/mol. The van der Waals surface area contributed by atoms with Crippen molar-refractivity contribution in [1.29, 1.82) is 0 Å². The summed E-state index contributed by atoms with van der Waals surface area (Å²) in [7, 11) is -3.67. The van der Waals surface area contributed by atoms with Gasteiger partial charge in [0.15, 0.2) is 0 Å². The summed E-state index contributed by atoms with van der Waals surface area (Å²) in [6.45, 7) is 1.90. The Labute approximate surface area is 202 Å². The Hall–Kier alpha value is -3.88. The molecule has 0 fully saturated rings. The SMILES string of the molecule is Cc1ccc(S(=O)(=O)Nc2ccc(/C=C/C(=O)Nc3cc(-c4cccs4)ccc3N)cc2)cc1. The molecule has 0 spiro atoms. The molecule has 0 radical (unpaired) electrons. The lowest BCUT2D eigenvalue weighted by molar-refractivity contribution is -0.111. The molecule has 0 bridgehead atoms. The van der Waals surface area contributed by atoms with E-state index in [-0.39, 0.29) is 10.8 Å². The first-order valence-corrected chi connectivity index (χ1v) is 12.8. The summed E-state index contributed by atoms with van der Waals surface area (Å²) in [4.78, 5) is 13.7. The first-order chi connectivity index (χ1) is 16.3. The van der Waals surface area contributed by atoms with Crippen molar-refractivity contribution >= 4 is 50.4 Å². The molecule has 4 aromatic rings. The number of amides is 1. The van der Waals surface area contributed by atoms with Gasteiger partial charge in [0.05, 0.1) is 16.3 Å². The van der Waals surface area contributed by atoms with E-state index >= 15 is 0 Å². The van der Waals surface area contributed by atoms with Crippen molar-refractivity contribution in [2.45, 2.75) is 11.8 Å². The van der Waals surface area contributed by atoms with Gasteiger partial charge in [0, 0.05) is 16.6 Å². The molecule has 34 heavy (non-hydrogen) atoms. The largest absolute Gasteiger partial charge is 0.397 e. The van der Waals surface area contributed by atoms with Crippen LogP contribution < -0.4 is 15.8 Å². The van der Waals surface area contributed by atoms with Crippen molar-refractivity contribution in [2.24, 2.45) is 0 Å². The number of carbonyl (C=O) groups is 1. The highest BCUT2D eigenvalue weighted by molar-refractivity contribution is 7.92. The van der Waals surface area contributed by atoms with Crippen molar-refractivity contribution in [3.05, 3.63) is 101 Å². The first kappa shape index (κ1) is 23.3. The van der Waals surface area contributed by atoms with Crippen LogP contribution in [0.4, 0.5) is 17.1 Å². The number of aryl methyl sites for hydroxylation is 1. The number of nitrogens with two attached hydrogens (primary N) is 1. The molecule has 1 amide bonds. The number of nitrogen functional groups attached to an aromatic ring is 1. The molecule has 4 N–H and O–H groups in total. The topological polar surface area (TPSA) is 101 Å². The van der Waals surface area contributed by atoms with Gasteiger partial charge in [-0.1, -0.05) is 42.0 Å². The van der Waals surface area contributed by atoms with Gasteiger partial charge < -0.3 is 11.1 Å². The summed E-state index contributed by atoms with van der Waals surface area (Å²) in [6.07, 6.45) is 3.05. The van der Waals surface area contributed by atoms with Gasteiger partial charge >= 0.3 is 0 Å². The van der Waals surface area contributed by atoms with Gasteiger partial charge in [0.1, 0.15) is 0 Å². The number of rotatable bonds is 7. The van der Waals surface area contributed by atoms with E-state index < -0.39 is 10.0 Å². The second kappa shape index (κ2) is 9.94. The molecule has 8 heteroatoms. The molecule has 6 nitrogen and oxygen atoms in total.